The van der Waals surface area contributed by atoms with Crippen LogP contribution in [0.5, 0.6) is 5.75 Å². The molecular weight excluding hydrogens is 452 g/mol. The van der Waals surface area contributed by atoms with Gasteiger partial charge in [-0.25, -0.2) is 4.68 Å². The molecule has 0 fully saturated rings. The van der Waals surface area contributed by atoms with Crippen LogP contribution in [0.15, 0.2) is 84.3 Å². The Kier molecular flexibility index (Phi) is 5.73. The summed E-state index contributed by atoms with van der Waals surface area (Å²) in [5.41, 5.74) is 3.30. The standard InChI is InChI=1S/C25H21ClN6O2/c1-15-21(24(33)29-17-6-5-13-27-14-17)22(19-7-3-4-8-20(19)26)32-25(28-15)30-23(31-32)16-9-11-18(34-2)12-10-16/h3-14,22H,1-2H3,(H,29,33)(H,28,30,31)/t22-/m0/s1. The molecule has 170 valence electrons. The lowest BCUT2D eigenvalue weighted by atomic mass is 9.95. The quantitative estimate of drug-likeness (QED) is 0.427. The van der Waals surface area contributed by atoms with E-state index in [1.165, 1.54) is 0 Å². The van der Waals surface area contributed by atoms with Gasteiger partial charge < -0.3 is 15.4 Å². The van der Waals surface area contributed by atoms with Crippen molar-refractivity contribution in [1.82, 2.24) is 19.7 Å². The van der Waals surface area contributed by atoms with Gasteiger partial charge in [0, 0.05) is 28.0 Å². The minimum atomic E-state index is -0.582. The summed E-state index contributed by atoms with van der Waals surface area (Å²) < 4.78 is 6.95. The van der Waals surface area contributed by atoms with Gasteiger partial charge >= 0.3 is 0 Å². The number of pyridine rings is 1. The molecule has 2 aromatic heterocycles. The Morgan fingerprint density at radius 3 is 2.62 bits per heavy atom. The first kappa shape index (κ1) is 21.7. The smallest absolute Gasteiger partial charge is 0.255 e. The largest absolute Gasteiger partial charge is 0.497 e. The SMILES string of the molecule is COc1ccc(-c2nc3n(n2)[C@@H](c2ccccc2Cl)C(C(=O)Nc2cccnc2)=C(C)N3)cc1. The van der Waals surface area contributed by atoms with E-state index in [1.807, 2.05) is 49.4 Å². The molecule has 1 aliphatic rings. The van der Waals surface area contributed by atoms with Crippen molar-refractivity contribution in [3.05, 3.63) is 94.9 Å². The predicted octanol–water partition coefficient (Wildman–Crippen LogP) is 4.93. The van der Waals surface area contributed by atoms with E-state index >= 15 is 0 Å². The number of amides is 1. The second-order valence-electron chi connectivity index (χ2n) is 7.72. The lowest BCUT2D eigenvalue weighted by Crippen LogP contribution is -2.31. The van der Waals surface area contributed by atoms with Crippen molar-refractivity contribution in [2.75, 3.05) is 17.7 Å². The van der Waals surface area contributed by atoms with Crippen LogP contribution in [0, 0.1) is 0 Å². The summed E-state index contributed by atoms with van der Waals surface area (Å²) in [6.45, 7) is 1.84. The molecule has 1 amide bonds. The number of fused-ring (bicyclic) bond motifs is 1. The van der Waals surface area contributed by atoms with Crippen molar-refractivity contribution >= 4 is 29.1 Å². The third-order valence-electron chi connectivity index (χ3n) is 5.56. The maximum atomic E-state index is 13.5. The topological polar surface area (TPSA) is 94.0 Å². The van der Waals surface area contributed by atoms with Crippen molar-refractivity contribution in [2.45, 2.75) is 13.0 Å². The fraction of sp³-hybridized carbons (Fsp3) is 0.120. The van der Waals surface area contributed by atoms with Gasteiger partial charge in [-0.15, -0.1) is 5.10 Å². The Bertz CT molecular complexity index is 1380. The van der Waals surface area contributed by atoms with Crippen LogP contribution in [-0.2, 0) is 4.79 Å². The summed E-state index contributed by atoms with van der Waals surface area (Å²) in [5.74, 6) is 1.50. The molecule has 2 N–H and O–H groups in total. The molecule has 0 saturated carbocycles. The van der Waals surface area contributed by atoms with Gasteiger partial charge in [0.1, 0.15) is 11.8 Å². The molecular formula is C25H21ClN6O2. The Balaban J connectivity index is 1.60. The van der Waals surface area contributed by atoms with Gasteiger partial charge in [0.2, 0.25) is 5.95 Å². The van der Waals surface area contributed by atoms with Gasteiger partial charge in [-0.1, -0.05) is 29.8 Å². The number of carbonyl (C=O) groups is 1. The Labute approximate surface area is 201 Å². The average molecular weight is 473 g/mol. The number of anilines is 2. The van der Waals surface area contributed by atoms with Crippen molar-refractivity contribution < 1.29 is 9.53 Å². The zero-order valence-corrected chi connectivity index (χ0v) is 19.2. The van der Waals surface area contributed by atoms with Gasteiger partial charge in [-0.3, -0.25) is 9.78 Å². The van der Waals surface area contributed by atoms with Gasteiger partial charge in [0.25, 0.3) is 5.91 Å². The molecule has 34 heavy (non-hydrogen) atoms. The summed E-state index contributed by atoms with van der Waals surface area (Å²) >= 11 is 6.60. The van der Waals surface area contributed by atoms with Crippen LogP contribution < -0.4 is 15.4 Å². The van der Waals surface area contributed by atoms with E-state index in [1.54, 1.807) is 42.4 Å². The summed E-state index contributed by atoms with van der Waals surface area (Å²) in [6.07, 6.45) is 3.24. The number of rotatable bonds is 5. The van der Waals surface area contributed by atoms with Gasteiger partial charge in [0.05, 0.1) is 24.6 Å². The van der Waals surface area contributed by atoms with E-state index in [2.05, 4.69) is 15.6 Å². The zero-order valence-electron chi connectivity index (χ0n) is 18.5. The Morgan fingerprint density at radius 1 is 1.12 bits per heavy atom. The molecule has 4 aromatic rings. The van der Waals surface area contributed by atoms with Crippen LogP contribution in [0.1, 0.15) is 18.5 Å². The number of ether oxygens (including phenoxy) is 1. The second kappa shape index (κ2) is 8.99. The molecule has 9 heteroatoms. The molecule has 1 aliphatic heterocycles. The zero-order chi connectivity index (χ0) is 23.7. The van der Waals surface area contributed by atoms with Crippen LogP contribution >= 0.6 is 11.6 Å². The lowest BCUT2D eigenvalue weighted by molar-refractivity contribution is -0.113. The fourth-order valence-electron chi connectivity index (χ4n) is 3.93. The maximum absolute atomic E-state index is 13.5. The average Bonchev–Trinajstić information content (AvgIpc) is 3.28. The third-order valence-corrected chi connectivity index (χ3v) is 5.91. The van der Waals surface area contributed by atoms with E-state index < -0.39 is 6.04 Å². The molecule has 0 saturated heterocycles. The molecule has 0 aliphatic carbocycles. The minimum Gasteiger partial charge on any atom is -0.497 e. The van der Waals surface area contributed by atoms with Gasteiger partial charge in [-0.2, -0.15) is 4.98 Å². The third kappa shape index (κ3) is 3.99. The van der Waals surface area contributed by atoms with E-state index in [0.717, 1.165) is 16.9 Å². The van der Waals surface area contributed by atoms with Crippen LogP contribution in [0.3, 0.4) is 0 Å². The Hall–Kier alpha value is -4.17. The van der Waals surface area contributed by atoms with E-state index in [9.17, 15) is 4.79 Å². The molecule has 1 atom stereocenters. The highest BCUT2D eigenvalue weighted by atomic mass is 35.5. The number of halogens is 1. The molecule has 2 aromatic carbocycles. The molecule has 0 spiro atoms. The Morgan fingerprint density at radius 2 is 1.91 bits per heavy atom. The van der Waals surface area contributed by atoms with Crippen LogP contribution in [0.4, 0.5) is 11.6 Å². The monoisotopic (exact) mass is 472 g/mol. The normalized spacial score (nSPS) is 14.9. The van der Waals surface area contributed by atoms with Crippen LogP contribution in [0.2, 0.25) is 5.02 Å². The highest BCUT2D eigenvalue weighted by Gasteiger charge is 2.35. The number of hydrogen-bond acceptors (Lipinski definition) is 6. The lowest BCUT2D eigenvalue weighted by Gasteiger charge is -2.29. The minimum absolute atomic E-state index is 0.282. The van der Waals surface area contributed by atoms with Crippen LogP contribution in [0.25, 0.3) is 11.4 Å². The molecule has 5 rings (SSSR count). The number of aromatic nitrogens is 4. The first-order chi connectivity index (χ1) is 16.5. The number of allylic oxidation sites excluding steroid dienone is 1. The number of nitrogens with one attached hydrogen (secondary N) is 2. The number of methoxy groups -OCH3 is 1. The van der Waals surface area contributed by atoms with Gasteiger partial charge in [-0.05, 0) is 49.4 Å². The summed E-state index contributed by atoms with van der Waals surface area (Å²) in [4.78, 5) is 22.2. The van der Waals surface area contributed by atoms with Crippen molar-refractivity contribution in [2.24, 2.45) is 0 Å². The molecule has 3 heterocycles. The highest BCUT2D eigenvalue weighted by molar-refractivity contribution is 6.31. The second-order valence-corrected chi connectivity index (χ2v) is 8.12. The van der Waals surface area contributed by atoms with Crippen molar-refractivity contribution in [3.8, 4) is 17.1 Å². The molecule has 0 unspecified atom stereocenters. The number of carbonyl (C=O) groups excluding carboxylic acids is 1. The van der Waals surface area contributed by atoms with E-state index in [0.29, 0.717) is 33.8 Å². The first-order valence-electron chi connectivity index (χ1n) is 10.6. The molecule has 0 radical (unpaired) electrons. The summed E-state index contributed by atoms with van der Waals surface area (Å²) in [7, 11) is 1.62. The van der Waals surface area contributed by atoms with Gasteiger partial charge in [0.15, 0.2) is 5.82 Å². The molecule has 8 nitrogen and oxygen atoms in total. The van der Waals surface area contributed by atoms with Crippen molar-refractivity contribution in [3.63, 3.8) is 0 Å². The maximum Gasteiger partial charge on any atom is 0.255 e. The summed E-state index contributed by atoms with van der Waals surface area (Å²) in [6, 6.07) is 17.9. The summed E-state index contributed by atoms with van der Waals surface area (Å²) in [5, 5.41) is 11.5. The first-order valence-corrected chi connectivity index (χ1v) is 11.0. The van der Waals surface area contributed by atoms with Crippen LogP contribution in [-0.4, -0.2) is 32.8 Å². The highest BCUT2D eigenvalue weighted by Crippen LogP contribution is 2.39. The molecule has 0 bridgehead atoms. The number of nitrogens with zero attached hydrogens (tertiary/aromatic N) is 4. The number of hydrogen-bond donors (Lipinski definition) is 2. The number of benzene rings is 2. The van der Waals surface area contributed by atoms with E-state index in [-0.39, 0.29) is 5.91 Å². The van der Waals surface area contributed by atoms with Crippen molar-refractivity contribution in [1.29, 1.82) is 0 Å². The predicted molar refractivity (Wildman–Crippen MR) is 131 cm³/mol. The van der Waals surface area contributed by atoms with E-state index in [4.69, 9.17) is 26.4 Å². The fourth-order valence-corrected chi connectivity index (χ4v) is 4.17.